The van der Waals surface area contributed by atoms with E-state index in [2.05, 4.69) is 10.4 Å². The van der Waals surface area contributed by atoms with Crippen molar-refractivity contribution in [3.8, 4) is 16.9 Å². The maximum Gasteiger partial charge on any atom is 0.272 e. The molecule has 3 aromatic carbocycles. The highest BCUT2D eigenvalue weighted by atomic mass is 19.1. The smallest absolute Gasteiger partial charge is 0.272 e. The standard InChI is InChI=1S/C23H18FN3O/c24-19-13-11-18(12-14-19)22-15-21(26-27(22)20-9-5-2-6-10-20)23(28)25-16-17-7-3-1-4-8-17/h1-15H,16H2,(H,25,28). The predicted molar refractivity (Wildman–Crippen MR) is 107 cm³/mol. The zero-order chi connectivity index (χ0) is 19.3. The van der Waals surface area contributed by atoms with Crippen molar-refractivity contribution < 1.29 is 9.18 Å². The summed E-state index contributed by atoms with van der Waals surface area (Å²) in [6, 6.07) is 27.1. The van der Waals surface area contributed by atoms with Crippen molar-refractivity contribution >= 4 is 5.91 Å². The second-order valence-electron chi connectivity index (χ2n) is 6.34. The van der Waals surface area contributed by atoms with Crippen molar-refractivity contribution in [2.45, 2.75) is 6.54 Å². The molecule has 0 aliphatic rings. The van der Waals surface area contributed by atoms with Crippen LogP contribution in [0.1, 0.15) is 16.1 Å². The summed E-state index contributed by atoms with van der Waals surface area (Å²) in [7, 11) is 0. The predicted octanol–water partition coefficient (Wildman–Crippen LogP) is 4.61. The van der Waals surface area contributed by atoms with Crippen molar-refractivity contribution in [1.82, 2.24) is 15.1 Å². The van der Waals surface area contributed by atoms with E-state index in [0.717, 1.165) is 22.5 Å². The van der Waals surface area contributed by atoms with Gasteiger partial charge < -0.3 is 5.32 Å². The van der Waals surface area contributed by atoms with Crippen LogP contribution >= 0.6 is 0 Å². The lowest BCUT2D eigenvalue weighted by atomic mass is 10.1. The number of para-hydroxylation sites is 1. The van der Waals surface area contributed by atoms with Gasteiger partial charge in [0.1, 0.15) is 5.82 Å². The van der Waals surface area contributed by atoms with Crippen LogP contribution in [0.3, 0.4) is 0 Å². The van der Waals surface area contributed by atoms with Crippen LogP contribution in [0, 0.1) is 5.82 Å². The number of benzene rings is 3. The second-order valence-corrected chi connectivity index (χ2v) is 6.34. The Morgan fingerprint density at radius 2 is 1.54 bits per heavy atom. The van der Waals surface area contributed by atoms with Gasteiger partial charge in [0.15, 0.2) is 5.69 Å². The number of carbonyl (C=O) groups excluding carboxylic acids is 1. The molecule has 0 atom stereocenters. The highest BCUT2D eigenvalue weighted by Gasteiger charge is 2.16. The topological polar surface area (TPSA) is 46.9 Å². The number of halogens is 1. The van der Waals surface area contributed by atoms with E-state index in [1.54, 1.807) is 22.9 Å². The molecule has 1 amide bonds. The maximum absolute atomic E-state index is 13.3. The quantitative estimate of drug-likeness (QED) is 0.557. The first-order chi connectivity index (χ1) is 13.7. The van der Waals surface area contributed by atoms with Gasteiger partial charge in [0.25, 0.3) is 5.91 Å². The van der Waals surface area contributed by atoms with Gasteiger partial charge >= 0.3 is 0 Å². The zero-order valence-electron chi connectivity index (χ0n) is 15.0. The van der Waals surface area contributed by atoms with E-state index >= 15 is 0 Å². The summed E-state index contributed by atoms with van der Waals surface area (Å²) in [5.74, 6) is -0.572. The van der Waals surface area contributed by atoms with E-state index in [4.69, 9.17) is 0 Å². The molecule has 0 saturated carbocycles. The first-order valence-corrected chi connectivity index (χ1v) is 8.94. The van der Waals surface area contributed by atoms with Crippen LogP contribution in [-0.4, -0.2) is 15.7 Å². The Labute approximate surface area is 162 Å². The number of nitrogens with zero attached hydrogens (tertiary/aromatic N) is 2. The minimum Gasteiger partial charge on any atom is -0.347 e. The summed E-state index contributed by atoms with van der Waals surface area (Å²) in [6.07, 6.45) is 0. The fourth-order valence-electron chi connectivity index (χ4n) is 2.95. The third-order valence-electron chi connectivity index (χ3n) is 4.38. The first kappa shape index (κ1) is 17.7. The monoisotopic (exact) mass is 371 g/mol. The normalized spacial score (nSPS) is 10.6. The highest BCUT2D eigenvalue weighted by Crippen LogP contribution is 2.24. The highest BCUT2D eigenvalue weighted by molar-refractivity contribution is 5.93. The molecule has 138 valence electrons. The maximum atomic E-state index is 13.3. The average molecular weight is 371 g/mol. The number of amides is 1. The molecule has 0 unspecified atom stereocenters. The molecule has 4 nitrogen and oxygen atoms in total. The average Bonchev–Trinajstić information content (AvgIpc) is 3.19. The molecule has 0 bridgehead atoms. The van der Waals surface area contributed by atoms with Gasteiger partial charge in [0.2, 0.25) is 0 Å². The van der Waals surface area contributed by atoms with Gasteiger partial charge in [-0.25, -0.2) is 9.07 Å². The molecular weight excluding hydrogens is 353 g/mol. The molecule has 0 spiro atoms. The summed E-state index contributed by atoms with van der Waals surface area (Å²) >= 11 is 0. The Kier molecular flexibility index (Phi) is 4.97. The molecule has 4 rings (SSSR count). The van der Waals surface area contributed by atoms with Gasteiger partial charge in [-0.05, 0) is 48.0 Å². The third kappa shape index (κ3) is 3.83. The van der Waals surface area contributed by atoms with Crippen LogP contribution in [0.15, 0.2) is 91.0 Å². The van der Waals surface area contributed by atoms with Crippen molar-refractivity contribution in [2.24, 2.45) is 0 Å². The molecule has 0 saturated heterocycles. The number of hydrogen-bond acceptors (Lipinski definition) is 2. The zero-order valence-corrected chi connectivity index (χ0v) is 15.0. The lowest BCUT2D eigenvalue weighted by molar-refractivity contribution is 0.0945. The van der Waals surface area contributed by atoms with E-state index in [0.29, 0.717) is 12.2 Å². The summed E-state index contributed by atoms with van der Waals surface area (Å²) in [5, 5.41) is 7.40. The number of aromatic nitrogens is 2. The van der Waals surface area contributed by atoms with E-state index in [9.17, 15) is 9.18 Å². The number of nitrogens with one attached hydrogen (secondary N) is 1. The Bertz CT molecular complexity index is 1070. The number of rotatable bonds is 5. The summed E-state index contributed by atoms with van der Waals surface area (Å²) in [6.45, 7) is 0.420. The molecule has 0 aliphatic carbocycles. The SMILES string of the molecule is O=C(NCc1ccccc1)c1cc(-c2ccc(F)cc2)n(-c2ccccc2)n1. The molecule has 1 heterocycles. The fourth-order valence-corrected chi connectivity index (χ4v) is 2.95. The first-order valence-electron chi connectivity index (χ1n) is 8.94. The van der Waals surface area contributed by atoms with E-state index < -0.39 is 0 Å². The van der Waals surface area contributed by atoms with Gasteiger partial charge in [0, 0.05) is 12.1 Å². The Balaban J connectivity index is 1.66. The third-order valence-corrected chi connectivity index (χ3v) is 4.38. The van der Waals surface area contributed by atoms with Crippen molar-refractivity contribution in [3.05, 3.63) is 108 Å². The van der Waals surface area contributed by atoms with E-state index in [1.165, 1.54) is 12.1 Å². The molecule has 4 aromatic rings. The molecule has 1 aromatic heterocycles. The molecule has 0 aliphatic heterocycles. The molecule has 0 radical (unpaired) electrons. The minimum absolute atomic E-state index is 0.262. The van der Waals surface area contributed by atoms with Crippen molar-refractivity contribution in [1.29, 1.82) is 0 Å². The van der Waals surface area contributed by atoms with Gasteiger partial charge in [-0.1, -0.05) is 48.5 Å². The van der Waals surface area contributed by atoms with Crippen molar-refractivity contribution in [3.63, 3.8) is 0 Å². The van der Waals surface area contributed by atoms with Gasteiger partial charge in [0.05, 0.1) is 11.4 Å². The fraction of sp³-hybridized carbons (Fsp3) is 0.0435. The lowest BCUT2D eigenvalue weighted by Gasteiger charge is -2.07. The van der Waals surface area contributed by atoms with E-state index in [1.807, 2.05) is 60.7 Å². The summed E-state index contributed by atoms with van der Waals surface area (Å²) in [5.41, 5.74) is 3.64. The molecule has 1 N–H and O–H groups in total. The summed E-state index contributed by atoms with van der Waals surface area (Å²) < 4.78 is 15.0. The van der Waals surface area contributed by atoms with Gasteiger partial charge in [-0.2, -0.15) is 5.10 Å². The van der Waals surface area contributed by atoms with E-state index in [-0.39, 0.29) is 11.7 Å². The van der Waals surface area contributed by atoms with Crippen LogP contribution in [0.4, 0.5) is 4.39 Å². The van der Waals surface area contributed by atoms with Crippen LogP contribution < -0.4 is 5.32 Å². The minimum atomic E-state index is -0.310. The van der Waals surface area contributed by atoms with Crippen LogP contribution in [-0.2, 0) is 6.54 Å². The number of hydrogen-bond donors (Lipinski definition) is 1. The number of carbonyl (C=O) groups is 1. The lowest BCUT2D eigenvalue weighted by Crippen LogP contribution is -2.23. The Morgan fingerprint density at radius 1 is 0.893 bits per heavy atom. The van der Waals surface area contributed by atoms with Crippen LogP contribution in [0.2, 0.25) is 0 Å². The molecular formula is C23H18FN3O. The Morgan fingerprint density at radius 3 is 2.21 bits per heavy atom. The van der Waals surface area contributed by atoms with Crippen LogP contribution in [0.5, 0.6) is 0 Å². The second kappa shape index (κ2) is 7.88. The molecule has 0 fully saturated rings. The Hall–Kier alpha value is -3.73. The molecule has 28 heavy (non-hydrogen) atoms. The summed E-state index contributed by atoms with van der Waals surface area (Å²) in [4.78, 5) is 12.7. The van der Waals surface area contributed by atoms with Crippen molar-refractivity contribution in [2.75, 3.05) is 0 Å². The van der Waals surface area contributed by atoms with Gasteiger partial charge in [-0.3, -0.25) is 4.79 Å². The largest absolute Gasteiger partial charge is 0.347 e. The molecule has 5 heteroatoms. The van der Waals surface area contributed by atoms with Gasteiger partial charge in [-0.15, -0.1) is 0 Å². The van der Waals surface area contributed by atoms with Crippen LogP contribution in [0.25, 0.3) is 16.9 Å².